The molecule has 2 aliphatic rings. The summed E-state index contributed by atoms with van der Waals surface area (Å²) in [5.41, 5.74) is 16.4. The molecule has 0 amide bonds. The van der Waals surface area contributed by atoms with Gasteiger partial charge in [0.15, 0.2) is 0 Å². The molecule has 0 fully saturated rings. The van der Waals surface area contributed by atoms with E-state index >= 15 is 0 Å². The van der Waals surface area contributed by atoms with Gasteiger partial charge in [0.25, 0.3) is 0 Å². The molecular formula is C40H46HfSi. The Bertz CT molecular complexity index is 1700. The van der Waals surface area contributed by atoms with Gasteiger partial charge in [0.1, 0.15) is 0 Å². The number of fused-ring (bicyclic) bond motifs is 2. The van der Waals surface area contributed by atoms with Crippen molar-refractivity contribution in [3.63, 3.8) is 0 Å². The normalized spacial score (nSPS) is 17.5. The molecular weight excluding hydrogens is 687 g/mol. The quantitative estimate of drug-likeness (QED) is 0.173. The van der Waals surface area contributed by atoms with Gasteiger partial charge < -0.3 is 0 Å². The average molecular weight is 733 g/mol. The molecule has 2 heteroatoms. The SMILES string of the molecule is CCC[Si](C)=[Hf]([CH3])([CH3])([CH]1C=Cc2c(-c3cc(C)cc(C)c3)cccc21)[CH]1C=Cc2c(-c3cc(C)cc(C)c3)cccc21. The van der Waals surface area contributed by atoms with Crippen molar-refractivity contribution in [2.45, 2.75) is 70.3 Å². The molecule has 4 aromatic carbocycles. The first-order valence-electron chi connectivity index (χ1n) is 15.8. The molecule has 4 aromatic rings. The van der Waals surface area contributed by atoms with Crippen LogP contribution in [0.15, 0.2) is 84.9 Å². The van der Waals surface area contributed by atoms with Gasteiger partial charge in [-0.25, -0.2) is 0 Å². The predicted octanol–water partition coefficient (Wildman–Crippen LogP) is 11.9. The Morgan fingerprint density at radius 1 is 0.619 bits per heavy atom. The average Bonchev–Trinajstić information content (AvgIpc) is 3.58. The zero-order valence-electron chi connectivity index (χ0n) is 26.8. The topological polar surface area (TPSA) is 0 Å². The van der Waals surface area contributed by atoms with Crippen LogP contribution in [0.1, 0.15) is 65.2 Å². The van der Waals surface area contributed by atoms with E-state index in [9.17, 15) is 0 Å². The zero-order valence-corrected chi connectivity index (χ0v) is 31.4. The molecule has 42 heavy (non-hydrogen) atoms. The summed E-state index contributed by atoms with van der Waals surface area (Å²) < 4.78 is 6.86. The molecule has 0 heterocycles. The Labute approximate surface area is 255 Å². The van der Waals surface area contributed by atoms with Gasteiger partial charge in [0.2, 0.25) is 0 Å². The number of hydrogen-bond acceptors (Lipinski definition) is 0. The Morgan fingerprint density at radius 3 is 1.40 bits per heavy atom. The molecule has 0 spiro atoms. The molecule has 0 aliphatic heterocycles. The van der Waals surface area contributed by atoms with Crippen molar-refractivity contribution in [1.82, 2.24) is 0 Å². The van der Waals surface area contributed by atoms with Crippen LogP contribution in [-0.4, -0.2) is 5.49 Å². The number of rotatable bonds is 6. The van der Waals surface area contributed by atoms with E-state index in [1.807, 2.05) is 0 Å². The van der Waals surface area contributed by atoms with Crippen molar-refractivity contribution >= 4 is 17.6 Å². The van der Waals surface area contributed by atoms with Gasteiger partial charge in [0.05, 0.1) is 0 Å². The summed E-state index contributed by atoms with van der Waals surface area (Å²) in [5.74, 6) is 0. The third-order valence-electron chi connectivity index (χ3n) is 10.8. The molecule has 6 rings (SSSR count). The second-order valence-electron chi connectivity index (χ2n) is 14.2. The molecule has 2 atom stereocenters. The van der Waals surface area contributed by atoms with E-state index in [1.54, 1.807) is 11.1 Å². The molecule has 0 N–H and O–H groups in total. The van der Waals surface area contributed by atoms with Crippen LogP contribution in [-0.2, 0) is 17.1 Å². The second-order valence-corrected chi connectivity index (χ2v) is 61.6. The van der Waals surface area contributed by atoms with Crippen LogP contribution in [0, 0.1) is 27.7 Å². The molecule has 2 unspecified atom stereocenters. The Hall–Kier alpha value is -2.55. The summed E-state index contributed by atoms with van der Waals surface area (Å²) in [6, 6.07) is 29.8. The maximum absolute atomic E-state index is 3.77. The van der Waals surface area contributed by atoms with Crippen LogP contribution in [0.3, 0.4) is 0 Å². The third-order valence-corrected chi connectivity index (χ3v) is 68.9. The predicted molar refractivity (Wildman–Crippen MR) is 185 cm³/mol. The van der Waals surface area contributed by atoms with Crippen LogP contribution in [0.5, 0.6) is 0 Å². The minimum absolute atomic E-state index is 0.568. The van der Waals surface area contributed by atoms with Crippen LogP contribution < -0.4 is 0 Å². The van der Waals surface area contributed by atoms with E-state index in [0.29, 0.717) is 7.35 Å². The van der Waals surface area contributed by atoms with Crippen molar-refractivity contribution in [3.05, 3.63) is 129 Å². The number of benzene rings is 4. The molecule has 0 radical (unpaired) electrons. The molecule has 0 nitrogen and oxygen atoms in total. The summed E-state index contributed by atoms with van der Waals surface area (Å²) in [5, 5.41) is 0. The fourth-order valence-electron chi connectivity index (χ4n) is 8.48. The van der Waals surface area contributed by atoms with E-state index in [4.69, 9.17) is 0 Å². The van der Waals surface area contributed by atoms with E-state index in [-0.39, 0.29) is 0 Å². The first kappa shape index (κ1) is 29.5. The van der Waals surface area contributed by atoms with Crippen molar-refractivity contribution in [1.29, 1.82) is 0 Å². The first-order valence-corrected chi connectivity index (χ1v) is 34.8. The van der Waals surface area contributed by atoms with Crippen LogP contribution in [0.2, 0.25) is 22.0 Å². The first-order chi connectivity index (χ1) is 20.0. The third kappa shape index (κ3) is 4.74. The second kappa shape index (κ2) is 10.9. The fraction of sp³-hybridized carbons (Fsp3) is 0.300. The zero-order chi connectivity index (χ0) is 29.8. The molecule has 0 bridgehead atoms. The van der Waals surface area contributed by atoms with Gasteiger partial charge in [-0.3, -0.25) is 0 Å². The van der Waals surface area contributed by atoms with Gasteiger partial charge in [0, 0.05) is 0 Å². The van der Waals surface area contributed by atoms with Crippen molar-refractivity contribution in [2.75, 3.05) is 0 Å². The van der Waals surface area contributed by atoms with Gasteiger partial charge in [-0.2, -0.15) is 0 Å². The van der Waals surface area contributed by atoms with Crippen molar-refractivity contribution < 1.29 is 17.1 Å². The maximum atomic E-state index is 2.86. The van der Waals surface area contributed by atoms with Crippen molar-refractivity contribution in [2.24, 2.45) is 0 Å². The Morgan fingerprint density at radius 2 is 1.02 bits per heavy atom. The van der Waals surface area contributed by atoms with E-state index in [0.717, 1.165) is 0 Å². The summed E-state index contributed by atoms with van der Waals surface area (Å²) in [4.78, 5) is 0. The monoisotopic (exact) mass is 734 g/mol. The molecule has 0 saturated carbocycles. The van der Waals surface area contributed by atoms with E-state index in [1.165, 1.54) is 68.1 Å². The summed E-state index contributed by atoms with van der Waals surface area (Å²) in [6.45, 7) is 14.0. The van der Waals surface area contributed by atoms with Gasteiger partial charge in [-0.1, -0.05) is 0 Å². The molecule has 0 saturated heterocycles. The molecule has 0 aromatic heterocycles. The van der Waals surface area contributed by atoms with Gasteiger partial charge in [-0.05, 0) is 0 Å². The number of hydrogen-bond donors (Lipinski definition) is 0. The summed E-state index contributed by atoms with van der Waals surface area (Å²) in [7, 11) is 0. The standard InChI is InChI=1S/2C17H15.C4H10Si.2CH3.Hf/c2*1-12-9-13(2)11-15(10-12)17-8-4-6-14-5-3-7-16(14)17;1-3-4-5-2;;;/h2*3-11H,1-2H3;3-4H2,1-2H3;2*1H3;. The van der Waals surface area contributed by atoms with Crippen LogP contribution >= 0.6 is 0 Å². The number of aryl methyl sites for hydroxylation is 4. The van der Waals surface area contributed by atoms with E-state index < -0.39 is 22.6 Å². The molecule has 214 valence electrons. The summed E-state index contributed by atoms with van der Waals surface area (Å²) in [6.07, 6.45) is 11.6. The van der Waals surface area contributed by atoms with Crippen LogP contribution in [0.25, 0.3) is 34.4 Å². The van der Waals surface area contributed by atoms with Gasteiger partial charge >= 0.3 is 257 Å². The van der Waals surface area contributed by atoms with E-state index in [2.05, 4.69) is 148 Å². The fourth-order valence-corrected chi connectivity index (χ4v) is 52.9. The molecule has 2 aliphatic carbocycles. The van der Waals surface area contributed by atoms with Gasteiger partial charge in [-0.15, -0.1) is 0 Å². The Kier molecular flexibility index (Phi) is 7.63. The van der Waals surface area contributed by atoms with Crippen LogP contribution in [0.4, 0.5) is 0 Å². The Balaban J connectivity index is 1.54. The summed E-state index contributed by atoms with van der Waals surface area (Å²) >= 11 is -3.77. The number of allylic oxidation sites excluding steroid dienone is 2. The van der Waals surface area contributed by atoms with Crippen molar-refractivity contribution in [3.8, 4) is 22.3 Å². The minimum atomic E-state index is -3.77.